The summed E-state index contributed by atoms with van der Waals surface area (Å²) in [6, 6.07) is 26.4. The van der Waals surface area contributed by atoms with Crippen molar-refractivity contribution in [1.82, 2.24) is 4.90 Å². The lowest BCUT2D eigenvalue weighted by Crippen LogP contribution is -2.48. The molecule has 0 unspecified atom stereocenters. The second-order valence-electron chi connectivity index (χ2n) is 7.17. The zero-order valence-corrected chi connectivity index (χ0v) is 17.8. The normalized spacial score (nSPS) is 14.0. The van der Waals surface area contributed by atoms with Crippen molar-refractivity contribution in [3.05, 3.63) is 94.5 Å². The predicted octanol–water partition coefficient (Wildman–Crippen LogP) is 5.02. The molecule has 1 heterocycles. The van der Waals surface area contributed by atoms with Crippen LogP contribution in [0.25, 0.3) is 0 Å². The van der Waals surface area contributed by atoms with E-state index in [4.69, 9.17) is 0 Å². The topological polar surface area (TPSA) is 35.6 Å². The van der Waals surface area contributed by atoms with Crippen molar-refractivity contribution in [3.63, 3.8) is 0 Å². The Morgan fingerprint density at radius 1 is 0.828 bits per heavy atom. The zero-order chi connectivity index (χ0) is 20.1. The van der Waals surface area contributed by atoms with Crippen LogP contribution >= 0.6 is 15.9 Å². The maximum absolute atomic E-state index is 12.6. The minimum absolute atomic E-state index is 0.123. The number of hydrogen-bond donors (Lipinski definition) is 1. The number of rotatable bonds is 5. The van der Waals surface area contributed by atoms with Crippen molar-refractivity contribution >= 4 is 33.2 Å². The van der Waals surface area contributed by atoms with Crippen molar-refractivity contribution in [2.45, 2.75) is 6.54 Å². The van der Waals surface area contributed by atoms with Crippen molar-refractivity contribution in [3.8, 4) is 0 Å². The summed E-state index contributed by atoms with van der Waals surface area (Å²) in [4.78, 5) is 16.9. The summed E-state index contributed by atoms with van der Waals surface area (Å²) in [7, 11) is 0. The number of carbonyl (C=O) groups is 1. The molecule has 0 spiro atoms. The van der Waals surface area contributed by atoms with Gasteiger partial charge in [0.1, 0.15) is 0 Å². The number of benzene rings is 3. The van der Waals surface area contributed by atoms with Gasteiger partial charge in [-0.25, -0.2) is 0 Å². The van der Waals surface area contributed by atoms with Crippen LogP contribution in [0.2, 0.25) is 0 Å². The van der Waals surface area contributed by atoms with Gasteiger partial charge in [-0.1, -0.05) is 46.3 Å². The first-order chi connectivity index (χ1) is 14.2. The van der Waals surface area contributed by atoms with Crippen LogP contribution in [-0.2, 0) is 6.54 Å². The number of piperazine rings is 1. The highest BCUT2D eigenvalue weighted by Gasteiger charge is 2.22. The Labute approximate surface area is 180 Å². The van der Waals surface area contributed by atoms with E-state index in [9.17, 15) is 4.79 Å². The second kappa shape index (κ2) is 9.14. The molecule has 1 fully saturated rings. The summed E-state index contributed by atoms with van der Waals surface area (Å²) in [5, 5.41) is 3.46. The Morgan fingerprint density at radius 3 is 2.14 bits per heavy atom. The average molecular weight is 450 g/mol. The molecule has 1 N–H and O–H groups in total. The first-order valence-electron chi connectivity index (χ1n) is 9.87. The lowest BCUT2D eigenvalue weighted by Gasteiger charge is -2.36. The monoisotopic (exact) mass is 449 g/mol. The van der Waals surface area contributed by atoms with Crippen molar-refractivity contribution in [2.75, 3.05) is 36.4 Å². The molecule has 5 heteroatoms. The van der Waals surface area contributed by atoms with Crippen LogP contribution in [0, 0.1) is 0 Å². The Balaban J connectivity index is 1.30. The van der Waals surface area contributed by atoms with Crippen LogP contribution in [-0.4, -0.2) is 37.0 Å². The SMILES string of the molecule is O=C(c1ccccc1)N1CCN(c2ccc(NCc3ccc(Br)cc3)cc2)CC1. The van der Waals surface area contributed by atoms with Crippen LogP contribution in [0.1, 0.15) is 15.9 Å². The number of hydrogen-bond acceptors (Lipinski definition) is 3. The Hall–Kier alpha value is -2.79. The van der Waals surface area contributed by atoms with Crippen molar-refractivity contribution in [1.29, 1.82) is 0 Å². The van der Waals surface area contributed by atoms with Crippen LogP contribution in [0.4, 0.5) is 11.4 Å². The number of carbonyl (C=O) groups excluding carboxylic acids is 1. The molecule has 0 bridgehead atoms. The summed E-state index contributed by atoms with van der Waals surface area (Å²) in [6.45, 7) is 4.00. The molecule has 0 aliphatic carbocycles. The minimum Gasteiger partial charge on any atom is -0.381 e. The van der Waals surface area contributed by atoms with Crippen LogP contribution in [0.3, 0.4) is 0 Å². The average Bonchev–Trinajstić information content (AvgIpc) is 2.79. The van der Waals surface area contributed by atoms with Gasteiger partial charge in [0.05, 0.1) is 0 Å². The van der Waals surface area contributed by atoms with Gasteiger partial charge >= 0.3 is 0 Å². The van der Waals surface area contributed by atoms with Crippen LogP contribution < -0.4 is 10.2 Å². The van der Waals surface area contributed by atoms with Crippen LogP contribution in [0.15, 0.2) is 83.3 Å². The van der Waals surface area contributed by atoms with Gasteiger partial charge in [-0.05, 0) is 54.1 Å². The van der Waals surface area contributed by atoms with Crippen molar-refractivity contribution in [2.24, 2.45) is 0 Å². The van der Waals surface area contributed by atoms with E-state index >= 15 is 0 Å². The first kappa shape index (κ1) is 19.5. The smallest absolute Gasteiger partial charge is 0.253 e. The standard InChI is InChI=1S/C24H24BrN3O/c25-21-8-6-19(7-9-21)18-26-22-10-12-23(13-11-22)27-14-16-28(17-15-27)24(29)20-4-2-1-3-5-20/h1-13,26H,14-18H2. The highest BCUT2D eigenvalue weighted by Crippen LogP contribution is 2.21. The van der Waals surface area contributed by atoms with Gasteiger partial charge in [-0.15, -0.1) is 0 Å². The third-order valence-corrected chi connectivity index (χ3v) is 5.76. The molecule has 1 amide bonds. The number of anilines is 2. The molecule has 4 nitrogen and oxygen atoms in total. The molecule has 148 valence electrons. The zero-order valence-electron chi connectivity index (χ0n) is 16.2. The second-order valence-corrected chi connectivity index (χ2v) is 8.09. The molecule has 0 atom stereocenters. The summed E-state index contributed by atoms with van der Waals surface area (Å²) < 4.78 is 1.09. The summed E-state index contributed by atoms with van der Waals surface area (Å²) >= 11 is 3.46. The van der Waals surface area contributed by atoms with Gasteiger partial charge in [-0.2, -0.15) is 0 Å². The fourth-order valence-corrected chi connectivity index (χ4v) is 3.79. The maximum atomic E-state index is 12.6. The van der Waals surface area contributed by atoms with Crippen LogP contribution in [0.5, 0.6) is 0 Å². The van der Waals surface area contributed by atoms with Gasteiger partial charge in [0.15, 0.2) is 0 Å². The lowest BCUT2D eigenvalue weighted by molar-refractivity contribution is 0.0747. The third-order valence-electron chi connectivity index (χ3n) is 5.23. The summed E-state index contributed by atoms with van der Waals surface area (Å²) in [6.07, 6.45) is 0. The van der Waals surface area contributed by atoms with E-state index in [0.717, 1.165) is 48.4 Å². The largest absolute Gasteiger partial charge is 0.381 e. The predicted molar refractivity (Wildman–Crippen MR) is 122 cm³/mol. The Morgan fingerprint density at radius 2 is 1.48 bits per heavy atom. The van der Waals surface area contributed by atoms with Gasteiger partial charge in [0.25, 0.3) is 5.91 Å². The lowest BCUT2D eigenvalue weighted by atomic mass is 10.1. The molecule has 1 aliphatic heterocycles. The maximum Gasteiger partial charge on any atom is 0.253 e. The molecule has 0 radical (unpaired) electrons. The highest BCUT2D eigenvalue weighted by atomic mass is 79.9. The summed E-state index contributed by atoms with van der Waals surface area (Å²) in [5.74, 6) is 0.123. The van der Waals surface area contributed by atoms with E-state index in [1.807, 2.05) is 35.2 Å². The molecule has 0 aromatic heterocycles. The van der Waals surface area contributed by atoms with E-state index in [1.165, 1.54) is 11.3 Å². The van der Waals surface area contributed by atoms with E-state index < -0.39 is 0 Å². The Bertz CT molecular complexity index is 934. The molecule has 0 saturated carbocycles. The molecule has 3 aromatic carbocycles. The fraction of sp³-hybridized carbons (Fsp3) is 0.208. The molecular weight excluding hydrogens is 426 g/mol. The third kappa shape index (κ3) is 4.98. The van der Waals surface area contributed by atoms with E-state index in [0.29, 0.717) is 0 Å². The number of nitrogens with zero attached hydrogens (tertiary/aromatic N) is 2. The number of halogens is 1. The number of nitrogens with one attached hydrogen (secondary N) is 1. The van der Waals surface area contributed by atoms with Crippen molar-refractivity contribution < 1.29 is 4.79 Å². The molecule has 1 aliphatic rings. The van der Waals surface area contributed by atoms with Gasteiger partial charge in [-0.3, -0.25) is 4.79 Å². The molecule has 3 aromatic rings. The molecule has 1 saturated heterocycles. The highest BCUT2D eigenvalue weighted by molar-refractivity contribution is 9.10. The van der Waals surface area contributed by atoms with E-state index in [2.05, 4.69) is 74.7 Å². The van der Waals surface area contributed by atoms with E-state index in [1.54, 1.807) is 0 Å². The Kier molecular flexibility index (Phi) is 6.15. The van der Waals surface area contributed by atoms with Gasteiger partial charge in [0.2, 0.25) is 0 Å². The summed E-state index contributed by atoms with van der Waals surface area (Å²) in [5.41, 5.74) is 4.32. The van der Waals surface area contributed by atoms with Gasteiger partial charge in [0, 0.05) is 54.1 Å². The molecular formula is C24H24BrN3O. The van der Waals surface area contributed by atoms with E-state index in [-0.39, 0.29) is 5.91 Å². The quantitative estimate of drug-likeness (QED) is 0.593. The number of amides is 1. The fourth-order valence-electron chi connectivity index (χ4n) is 3.53. The minimum atomic E-state index is 0.123. The first-order valence-corrected chi connectivity index (χ1v) is 10.7. The molecule has 29 heavy (non-hydrogen) atoms. The van der Waals surface area contributed by atoms with Gasteiger partial charge < -0.3 is 15.1 Å². The molecule has 4 rings (SSSR count).